The van der Waals surface area contributed by atoms with Crippen LogP contribution in [0.2, 0.25) is 0 Å². The van der Waals surface area contributed by atoms with Crippen molar-refractivity contribution in [2.45, 2.75) is 115 Å². The molecule has 2 aliphatic heterocycles. The normalized spacial score (nSPS) is 34.0. The van der Waals surface area contributed by atoms with E-state index in [0.717, 1.165) is 77.5 Å². The van der Waals surface area contributed by atoms with Gasteiger partial charge in [0.15, 0.2) is 12.6 Å². The third kappa shape index (κ3) is 8.21. The molecule has 0 spiro atoms. The third-order valence-corrected chi connectivity index (χ3v) is 7.19. The number of ether oxygens (including phenoxy) is 4. The van der Waals surface area contributed by atoms with Crippen LogP contribution in [0.1, 0.15) is 90.4 Å². The van der Waals surface area contributed by atoms with Crippen molar-refractivity contribution in [1.82, 2.24) is 0 Å². The Balaban J connectivity index is 1.39. The Morgan fingerprint density at radius 2 is 1.72 bits per heavy atom. The van der Waals surface area contributed by atoms with Crippen LogP contribution in [0, 0.1) is 11.8 Å². The summed E-state index contributed by atoms with van der Waals surface area (Å²) in [6, 6.07) is 0. The lowest BCUT2D eigenvalue weighted by Gasteiger charge is -2.30. The molecular weight excluding hydrogens is 408 g/mol. The van der Waals surface area contributed by atoms with Crippen molar-refractivity contribution in [1.29, 1.82) is 0 Å². The second-order valence-corrected chi connectivity index (χ2v) is 9.68. The number of hydrogen-bond donors (Lipinski definition) is 1. The van der Waals surface area contributed by atoms with Gasteiger partial charge in [0.05, 0.1) is 12.2 Å². The van der Waals surface area contributed by atoms with Crippen molar-refractivity contribution in [2.24, 2.45) is 11.8 Å². The van der Waals surface area contributed by atoms with Crippen molar-refractivity contribution in [3.63, 3.8) is 0 Å². The molecule has 2 saturated heterocycles. The summed E-state index contributed by atoms with van der Waals surface area (Å²) in [5, 5.41) is 10.6. The standard InChI is InChI=1S/C26H44O6/c1-20(11-5-3-2-4-8-16-29-24-12-6-9-17-30-24)26-21(14-15-27)22(28)19-23(26)32-25-13-7-10-18-31-25/h11,15,21-26,28H,2-10,12-14,16-19H2,1H3/t21-,22-,23+,24?,25?,26+/m0/s1. The van der Waals surface area contributed by atoms with E-state index in [2.05, 4.69) is 13.0 Å². The largest absolute Gasteiger partial charge is 0.393 e. The lowest BCUT2D eigenvalue weighted by atomic mass is 9.85. The molecule has 1 N–H and O–H groups in total. The number of carbonyl (C=O) groups is 1. The number of aliphatic hydroxyl groups excluding tert-OH is 1. The van der Waals surface area contributed by atoms with Gasteiger partial charge in [-0.25, -0.2) is 0 Å². The summed E-state index contributed by atoms with van der Waals surface area (Å²) in [6.45, 7) is 4.50. The molecule has 0 aromatic heterocycles. The molecule has 2 unspecified atom stereocenters. The number of unbranched alkanes of at least 4 members (excludes halogenated alkanes) is 4. The van der Waals surface area contributed by atoms with E-state index in [1.807, 2.05) is 0 Å². The maximum atomic E-state index is 11.2. The maximum absolute atomic E-state index is 11.2. The fraction of sp³-hybridized carbons (Fsp3) is 0.885. The molecule has 2 heterocycles. The molecule has 6 heteroatoms. The van der Waals surface area contributed by atoms with Gasteiger partial charge in [0.25, 0.3) is 0 Å². The molecule has 0 amide bonds. The monoisotopic (exact) mass is 452 g/mol. The summed E-state index contributed by atoms with van der Waals surface area (Å²) >= 11 is 0. The average molecular weight is 453 g/mol. The predicted octanol–water partition coefficient (Wildman–Crippen LogP) is 4.92. The first-order valence-electron chi connectivity index (χ1n) is 13.0. The molecule has 0 bridgehead atoms. The fourth-order valence-corrected chi connectivity index (χ4v) is 5.40. The highest BCUT2D eigenvalue weighted by Gasteiger charge is 2.44. The van der Waals surface area contributed by atoms with E-state index in [4.69, 9.17) is 18.9 Å². The SMILES string of the molecule is CC(=CCCCCCCOC1CCCCO1)[C@@H]1[C@@H](CC=O)[C@@H](O)C[C@H]1OC1CCCCO1. The van der Waals surface area contributed by atoms with Crippen LogP contribution in [-0.2, 0) is 23.7 Å². The third-order valence-electron chi connectivity index (χ3n) is 7.19. The van der Waals surface area contributed by atoms with Crippen LogP contribution in [0.15, 0.2) is 11.6 Å². The topological polar surface area (TPSA) is 74.2 Å². The van der Waals surface area contributed by atoms with E-state index < -0.39 is 6.10 Å². The quantitative estimate of drug-likeness (QED) is 0.243. The van der Waals surface area contributed by atoms with Gasteiger partial charge >= 0.3 is 0 Å². The van der Waals surface area contributed by atoms with Gasteiger partial charge in [-0.15, -0.1) is 0 Å². The first kappa shape index (κ1) is 25.8. The second-order valence-electron chi connectivity index (χ2n) is 9.68. The number of rotatable bonds is 13. The zero-order valence-corrected chi connectivity index (χ0v) is 19.9. The van der Waals surface area contributed by atoms with Crippen molar-refractivity contribution in [3.05, 3.63) is 11.6 Å². The highest BCUT2D eigenvalue weighted by Crippen LogP contribution is 2.42. The van der Waals surface area contributed by atoms with Gasteiger partial charge in [0.1, 0.15) is 6.29 Å². The molecule has 1 saturated carbocycles. The molecular formula is C26H44O6. The van der Waals surface area contributed by atoms with Gasteiger partial charge in [-0.1, -0.05) is 24.5 Å². The number of carbonyl (C=O) groups excluding carboxylic acids is 1. The van der Waals surface area contributed by atoms with Crippen LogP contribution < -0.4 is 0 Å². The zero-order chi connectivity index (χ0) is 22.6. The summed E-state index contributed by atoms with van der Waals surface area (Å²) in [5.41, 5.74) is 1.24. The van der Waals surface area contributed by atoms with E-state index in [1.54, 1.807) is 0 Å². The molecule has 1 aliphatic carbocycles. The zero-order valence-electron chi connectivity index (χ0n) is 19.9. The fourth-order valence-electron chi connectivity index (χ4n) is 5.40. The summed E-state index contributed by atoms with van der Waals surface area (Å²) in [7, 11) is 0. The lowest BCUT2D eigenvalue weighted by Crippen LogP contribution is -2.32. The van der Waals surface area contributed by atoms with Gasteiger partial charge in [0.2, 0.25) is 0 Å². The van der Waals surface area contributed by atoms with Crippen molar-refractivity contribution < 1.29 is 28.8 Å². The first-order valence-corrected chi connectivity index (χ1v) is 13.0. The van der Waals surface area contributed by atoms with E-state index in [9.17, 15) is 9.90 Å². The Morgan fingerprint density at radius 1 is 1.00 bits per heavy atom. The Kier molecular flexibility index (Phi) is 11.7. The Labute approximate surface area is 194 Å². The molecule has 32 heavy (non-hydrogen) atoms. The molecule has 3 fully saturated rings. The number of hydrogen-bond acceptors (Lipinski definition) is 6. The Morgan fingerprint density at radius 3 is 2.41 bits per heavy atom. The minimum absolute atomic E-state index is 0.0181. The van der Waals surface area contributed by atoms with E-state index in [-0.39, 0.29) is 30.5 Å². The average Bonchev–Trinajstić information content (AvgIpc) is 3.11. The van der Waals surface area contributed by atoms with Crippen molar-refractivity contribution in [2.75, 3.05) is 19.8 Å². The minimum atomic E-state index is -0.490. The summed E-state index contributed by atoms with van der Waals surface area (Å²) < 4.78 is 23.5. The van der Waals surface area contributed by atoms with Crippen LogP contribution in [-0.4, -0.2) is 56.0 Å². The summed E-state index contributed by atoms with van der Waals surface area (Å²) in [6.07, 6.45) is 15.6. The first-order chi connectivity index (χ1) is 15.7. The highest BCUT2D eigenvalue weighted by atomic mass is 16.7. The molecule has 0 radical (unpaired) electrons. The van der Waals surface area contributed by atoms with Crippen LogP contribution in [0.3, 0.4) is 0 Å². The van der Waals surface area contributed by atoms with E-state index >= 15 is 0 Å². The van der Waals surface area contributed by atoms with Gasteiger partial charge in [0, 0.05) is 44.5 Å². The molecule has 0 aromatic carbocycles. The Hall–Kier alpha value is -0.790. The van der Waals surface area contributed by atoms with Gasteiger partial charge < -0.3 is 28.8 Å². The lowest BCUT2D eigenvalue weighted by molar-refractivity contribution is -0.193. The van der Waals surface area contributed by atoms with Crippen LogP contribution in [0.25, 0.3) is 0 Å². The second kappa shape index (κ2) is 14.5. The Bertz CT molecular complexity index is 553. The molecule has 184 valence electrons. The highest BCUT2D eigenvalue weighted by molar-refractivity contribution is 5.50. The van der Waals surface area contributed by atoms with E-state index in [0.29, 0.717) is 12.8 Å². The summed E-state index contributed by atoms with van der Waals surface area (Å²) in [4.78, 5) is 11.2. The number of aliphatic hydroxyl groups is 1. The molecule has 6 atom stereocenters. The van der Waals surface area contributed by atoms with Gasteiger partial charge in [-0.3, -0.25) is 0 Å². The molecule has 0 aromatic rings. The van der Waals surface area contributed by atoms with Crippen LogP contribution in [0.4, 0.5) is 0 Å². The summed E-state index contributed by atoms with van der Waals surface area (Å²) in [5.74, 6) is 0.0288. The van der Waals surface area contributed by atoms with Crippen molar-refractivity contribution in [3.8, 4) is 0 Å². The van der Waals surface area contributed by atoms with Crippen LogP contribution >= 0.6 is 0 Å². The van der Waals surface area contributed by atoms with Crippen molar-refractivity contribution >= 4 is 6.29 Å². The smallest absolute Gasteiger partial charge is 0.157 e. The maximum Gasteiger partial charge on any atom is 0.157 e. The number of allylic oxidation sites excluding steroid dienone is 1. The predicted molar refractivity (Wildman–Crippen MR) is 123 cm³/mol. The molecule has 3 rings (SSSR count). The van der Waals surface area contributed by atoms with E-state index in [1.165, 1.54) is 24.8 Å². The van der Waals surface area contributed by atoms with Gasteiger partial charge in [-0.2, -0.15) is 0 Å². The number of aldehydes is 1. The van der Waals surface area contributed by atoms with Crippen LogP contribution in [0.5, 0.6) is 0 Å². The molecule has 6 nitrogen and oxygen atoms in total. The minimum Gasteiger partial charge on any atom is -0.393 e. The van der Waals surface area contributed by atoms with Gasteiger partial charge in [-0.05, 0) is 64.7 Å². The molecule has 3 aliphatic rings.